The molecule has 0 spiro atoms. The average molecular weight is 1190 g/mol. The van der Waals surface area contributed by atoms with Crippen molar-refractivity contribution in [3.05, 3.63) is 181 Å². The van der Waals surface area contributed by atoms with Crippen LogP contribution >= 0.6 is 0 Å². The quantitative estimate of drug-likeness (QED) is 0.0340. The van der Waals surface area contributed by atoms with Crippen molar-refractivity contribution in [3.8, 4) is 62.3 Å². The minimum Gasteiger partial charge on any atom is -0.497 e. The van der Waals surface area contributed by atoms with Crippen LogP contribution in [0.4, 0.5) is 23.3 Å². The molecule has 10 N–H and O–H groups in total. The number of rotatable bonds is 12. The lowest BCUT2D eigenvalue weighted by Crippen LogP contribution is -2.32. The van der Waals surface area contributed by atoms with E-state index in [1.165, 1.54) is 19.2 Å². The maximum atomic E-state index is 11.0. The standard InChI is InChI=1S/C26H27N7O.C14H19N5.C12H12N2O2.C8H9BO4.C4H6N2/c1-16-10-11-32(31-16)22-9-7-19(34-5)13-20(22)24-30-21-12-17(18-14-28-25(27)29-15-18)6-8-23(21)33(24)26(2,3)4;1-14(2,3)19-12-5-4-9(6-11(12)15)10-7-17-13(16)18-8-10;1-9-5-6-14(13-9)12-4-3-11(16-2)7-10(12)8-15;1-13-7-2-3-8(9(11)12)6(4-7)5-10;1-4-2-3-5-6-4/h6-15H,1-5H3,(H2,27,28,29);4-8,19H,15H2,1-3H3,(H2,16,17,18);3-8H,1-2H3;2-5,11-12H,1H3;2-3H,1H3,(H,5,6). The minimum absolute atomic E-state index is 0.0278. The normalized spacial score (nSPS) is 10.8. The van der Waals surface area contributed by atoms with Gasteiger partial charge in [0.15, 0.2) is 6.29 Å². The van der Waals surface area contributed by atoms with Crippen molar-refractivity contribution in [2.24, 2.45) is 0 Å². The molecule has 0 aliphatic carbocycles. The van der Waals surface area contributed by atoms with E-state index in [1.807, 2.05) is 98.5 Å². The van der Waals surface area contributed by atoms with Gasteiger partial charge in [0.1, 0.15) is 29.4 Å². The third-order valence-electron chi connectivity index (χ3n) is 13.0. The van der Waals surface area contributed by atoms with Gasteiger partial charge in [0.05, 0.1) is 66.5 Å². The zero-order chi connectivity index (χ0) is 63.9. The number of aromatic amines is 1. The van der Waals surface area contributed by atoms with Gasteiger partial charge in [0.25, 0.3) is 0 Å². The van der Waals surface area contributed by atoms with E-state index in [1.54, 1.807) is 68.1 Å². The predicted octanol–water partition coefficient (Wildman–Crippen LogP) is 9.43. The molecule has 11 rings (SSSR count). The van der Waals surface area contributed by atoms with Crippen LogP contribution in [0.5, 0.6) is 17.2 Å². The number of H-pyrrole nitrogens is 1. The summed E-state index contributed by atoms with van der Waals surface area (Å²) in [6.45, 7) is 18.7. The minimum atomic E-state index is -1.63. The zero-order valence-corrected chi connectivity index (χ0v) is 51.3. The Labute approximate surface area is 510 Å². The number of fused-ring (bicyclic) bond motifs is 1. The van der Waals surface area contributed by atoms with E-state index in [2.05, 4.69) is 110 Å². The first kappa shape index (κ1) is 64.8. The summed E-state index contributed by atoms with van der Waals surface area (Å²) in [5.74, 6) is 3.29. The summed E-state index contributed by atoms with van der Waals surface area (Å²) >= 11 is 0. The van der Waals surface area contributed by atoms with Gasteiger partial charge in [-0.2, -0.15) is 15.3 Å². The van der Waals surface area contributed by atoms with Gasteiger partial charge in [-0.15, -0.1) is 0 Å². The Morgan fingerprint density at radius 3 is 1.56 bits per heavy atom. The van der Waals surface area contributed by atoms with Gasteiger partial charge in [0.2, 0.25) is 11.9 Å². The molecule has 11 aromatic rings. The molecule has 24 heteroatoms. The van der Waals surface area contributed by atoms with Crippen LogP contribution in [0.25, 0.3) is 56.0 Å². The molecule has 0 atom stereocenters. The molecule has 0 amide bonds. The van der Waals surface area contributed by atoms with E-state index in [4.69, 9.17) is 46.4 Å². The number of hydrogen-bond acceptors (Lipinski definition) is 19. The molecule has 6 heterocycles. The number of aryl methyl sites for hydroxylation is 3. The SMILES string of the molecule is CC(C)(C)Nc1ccc(-c2cnc(N)nc2)cc1N.COc1ccc(-n2ccc(C)n2)c(-c2nc3cc(-c4cnc(N)nc4)ccc3n2C(C)(C)C)c1.COc1ccc(-n2ccc(C)n2)c(C=O)c1.COc1ccc(B(O)O)c(C=O)c1.Cc1ccn[nH]1. The number of nitrogen functional groups attached to an aromatic ring is 3. The number of nitrogens with two attached hydrogens (primary N) is 3. The van der Waals surface area contributed by atoms with Crippen molar-refractivity contribution in [1.82, 2.24) is 59.2 Å². The zero-order valence-electron chi connectivity index (χ0n) is 51.3. The average Bonchev–Trinajstić information content (AvgIpc) is 2.03. The maximum Gasteiger partial charge on any atom is 0.489 e. The summed E-state index contributed by atoms with van der Waals surface area (Å²) in [5, 5.41) is 36.4. The third kappa shape index (κ3) is 17.0. The molecule has 454 valence electrons. The molecule has 0 unspecified atom stereocenters. The fraction of sp³-hybridized carbons (Fsp3) is 0.219. The highest BCUT2D eigenvalue weighted by Crippen LogP contribution is 2.37. The molecule has 0 aliphatic rings. The van der Waals surface area contributed by atoms with Crippen LogP contribution in [-0.4, -0.2) is 116 Å². The summed E-state index contributed by atoms with van der Waals surface area (Å²) in [4.78, 5) is 42.8. The van der Waals surface area contributed by atoms with Crippen LogP contribution < -0.4 is 42.2 Å². The van der Waals surface area contributed by atoms with Gasteiger partial charge in [-0.25, -0.2) is 34.3 Å². The fourth-order valence-corrected chi connectivity index (χ4v) is 8.78. The number of methoxy groups -OCH3 is 3. The van der Waals surface area contributed by atoms with Gasteiger partial charge >= 0.3 is 7.12 Å². The molecule has 0 radical (unpaired) electrons. The van der Waals surface area contributed by atoms with E-state index < -0.39 is 7.12 Å². The lowest BCUT2D eigenvalue weighted by molar-refractivity contribution is 0.111. The molecule has 0 fully saturated rings. The van der Waals surface area contributed by atoms with E-state index in [-0.39, 0.29) is 34.0 Å². The molecule has 5 aromatic carbocycles. The number of imidazole rings is 1. The van der Waals surface area contributed by atoms with Gasteiger partial charge in [-0.3, -0.25) is 14.7 Å². The molecule has 0 saturated heterocycles. The van der Waals surface area contributed by atoms with Gasteiger partial charge in [0, 0.05) is 88.0 Å². The van der Waals surface area contributed by atoms with Crippen LogP contribution in [0.1, 0.15) is 79.3 Å². The first-order valence-corrected chi connectivity index (χ1v) is 27.6. The molecule has 6 aromatic heterocycles. The van der Waals surface area contributed by atoms with Gasteiger partial charge in [-0.1, -0.05) is 18.2 Å². The smallest absolute Gasteiger partial charge is 0.489 e. The highest BCUT2D eigenvalue weighted by atomic mass is 16.5. The lowest BCUT2D eigenvalue weighted by Gasteiger charge is -2.25. The van der Waals surface area contributed by atoms with E-state index in [9.17, 15) is 9.59 Å². The number of hydrogen-bond donors (Lipinski definition) is 7. The van der Waals surface area contributed by atoms with E-state index in [0.717, 1.165) is 90.9 Å². The van der Waals surface area contributed by atoms with E-state index in [0.29, 0.717) is 29.0 Å². The number of nitrogens with zero attached hydrogens (tertiary/aromatic N) is 11. The second-order valence-electron chi connectivity index (χ2n) is 21.9. The molecular weight excluding hydrogens is 1120 g/mol. The molecule has 0 bridgehead atoms. The predicted molar refractivity (Wildman–Crippen MR) is 345 cm³/mol. The van der Waals surface area contributed by atoms with Crippen LogP contribution in [0.15, 0.2) is 153 Å². The van der Waals surface area contributed by atoms with Crippen LogP contribution in [0, 0.1) is 20.8 Å². The number of anilines is 4. The van der Waals surface area contributed by atoms with Crippen molar-refractivity contribution in [3.63, 3.8) is 0 Å². The fourth-order valence-electron chi connectivity index (χ4n) is 8.78. The largest absolute Gasteiger partial charge is 0.497 e. The van der Waals surface area contributed by atoms with Crippen LogP contribution in [0.3, 0.4) is 0 Å². The van der Waals surface area contributed by atoms with Crippen molar-refractivity contribution < 1.29 is 33.8 Å². The Morgan fingerprint density at radius 2 is 1.10 bits per heavy atom. The van der Waals surface area contributed by atoms with Crippen molar-refractivity contribution in [1.29, 1.82) is 0 Å². The Balaban J connectivity index is 0.000000173. The van der Waals surface area contributed by atoms with Crippen molar-refractivity contribution >= 4 is 59.5 Å². The second kappa shape index (κ2) is 28.9. The molecular formula is C64H73BN16O7. The monoisotopic (exact) mass is 1190 g/mol. The first-order valence-electron chi connectivity index (χ1n) is 27.6. The Hall–Kier alpha value is -10.7. The summed E-state index contributed by atoms with van der Waals surface area (Å²) in [7, 11) is 3.08. The van der Waals surface area contributed by atoms with Crippen molar-refractivity contribution in [2.45, 2.75) is 73.4 Å². The number of aromatic nitrogens is 12. The third-order valence-corrected chi connectivity index (χ3v) is 13.0. The lowest BCUT2D eigenvalue weighted by atomic mass is 9.77. The highest BCUT2D eigenvalue weighted by molar-refractivity contribution is 6.60. The van der Waals surface area contributed by atoms with E-state index >= 15 is 0 Å². The topological polar surface area (TPSA) is 326 Å². The summed E-state index contributed by atoms with van der Waals surface area (Å²) < 4.78 is 21.3. The Bertz CT molecular complexity index is 4090. The Kier molecular flexibility index (Phi) is 21.3. The number of carbonyl (C=O) groups excluding carboxylic acids is 2. The molecule has 0 saturated carbocycles. The number of benzene rings is 5. The summed E-state index contributed by atoms with van der Waals surface area (Å²) in [5.41, 5.74) is 30.7. The Morgan fingerprint density at radius 1 is 0.591 bits per heavy atom. The maximum absolute atomic E-state index is 11.0. The summed E-state index contributed by atoms with van der Waals surface area (Å²) in [6.07, 6.45) is 13.7. The van der Waals surface area contributed by atoms with Gasteiger partial charge < -0.3 is 51.3 Å². The number of aldehydes is 2. The molecule has 23 nitrogen and oxygen atoms in total. The van der Waals surface area contributed by atoms with Crippen molar-refractivity contribution in [2.75, 3.05) is 43.8 Å². The highest BCUT2D eigenvalue weighted by Gasteiger charge is 2.26. The molecule has 0 aliphatic heterocycles. The van der Waals surface area contributed by atoms with Crippen LogP contribution in [-0.2, 0) is 5.54 Å². The second-order valence-corrected chi connectivity index (χ2v) is 21.9. The number of ether oxygens (including phenoxy) is 3. The van der Waals surface area contributed by atoms with Gasteiger partial charge in [-0.05, 0) is 170 Å². The summed E-state index contributed by atoms with van der Waals surface area (Å²) in [6, 6.07) is 33.6. The number of nitrogens with one attached hydrogen (secondary N) is 2. The number of carbonyl (C=O) groups is 2. The van der Waals surface area contributed by atoms with Crippen LogP contribution in [0.2, 0.25) is 0 Å². The first-order chi connectivity index (χ1) is 41.9. The molecule has 88 heavy (non-hydrogen) atoms.